The Morgan fingerprint density at radius 1 is 1.25 bits per heavy atom. The van der Waals surface area contributed by atoms with Gasteiger partial charge in [-0.05, 0) is 39.8 Å². The molecule has 1 saturated heterocycles. The summed E-state index contributed by atoms with van der Waals surface area (Å²) in [6, 6.07) is 0.378. The third-order valence-corrected chi connectivity index (χ3v) is 5.16. The highest BCUT2D eigenvalue weighted by atomic mass is 32.1. The van der Waals surface area contributed by atoms with E-state index in [4.69, 9.17) is 0 Å². The normalized spacial score (nSPS) is 16.1. The number of nitrogens with zero attached hydrogens (tertiary/aromatic N) is 4. The Balaban J connectivity index is 1.67. The molecule has 3 rings (SSSR count). The van der Waals surface area contributed by atoms with Crippen LogP contribution in [0.4, 0.5) is 5.13 Å². The second kappa shape index (κ2) is 6.15. The number of nitrogens with one attached hydrogen (secondary N) is 1. The molecule has 1 aliphatic rings. The average molecular weight is 309 g/mol. The number of hydrogen-bond donors (Lipinski definition) is 1. The van der Waals surface area contributed by atoms with Crippen LogP contribution in [0.1, 0.15) is 31.7 Å². The SMILES string of the molecule is CC(C)Nc1nnc(-c2cnc(CN3CCCC3)s2)s1. The minimum Gasteiger partial charge on any atom is -0.358 e. The van der Waals surface area contributed by atoms with Gasteiger partial charge in [0.15, 0.2) is 5.01 Å². The minimum atomic E-state index is 0.378. The smallest absolute Gasteiger partial charge is 0.206 e. The van der Waals surface area contributed by atoms with Gasteiger partial charge in [-0.1, -0.05) is 11.3 Å². The number of likely N-dealkylation sites (tertiary alicyclic amines) is 1. The first-order chi connectivity index (χ1) is 9.70. The van der Waals surface area contributed by atoms with Crippen LogP contribution >= 0.6 is 22.7 Å². The number of thiazole rings is 1. The molecule has 2 aromatic heterocycles. The number of rotatable bonds is 5. The van der Waals surface area contributed by atoms with E-state index in [9.17, 15) is 0 Å². The lowest BCUT2D eigenvalue weighted by Gasteiger charge is -2.11. The van der Waals surface area contributed by atoms with Crippen molar-refractivity contribution in [2.75, 3.05) is 18.4 Å². The Hall–Kier alpha value is -1.05. The molecule has 0 saturated carbocycles. The second-order valence-corrected chi connectivity index (χ2v) is 7.41. The zero-order valence-corrected chi connectivity index (χ0v) is 13.4. The molecule has 0 unspecified atom stereocenters. The Morgan fingerprint density at radius 3 is 2.80 bits per heavy atom. The van der Waals surface area contributed by atoms with Gasteiger partial charge in [0.05, 0.1) is 11.4 Å². The monoisotopic (exact) mass is 309 g/mol. The van der Waals surface area contributed by atoms with Crippen LogP contribution in [-0.4, -0.2) is 39.2 Å². The van der Waals surface area contributed by atoms with Crippen molar-refractivity contribution in [1.29, 1.82) is 0 Å². The Kier molecular flexibility index (Phi) is 4.28. The Bertz CT molecular complexity index is 557. The van der Waals surface area contributed by atoms with E-state index < -0.39 is 0 Å². The van der Waals surface area contributed by atoms with Crippen LogP contribution in [0.5, 0.6) is 0 Å². The Morgan fingerprint density at radius 2 is 2.05 bits per heavy atom. The van der Waals surface area contributed by atoms with Gasteiger partial charge in [-0.2, -0.15) is 0 Å². The van der Waals surface area contributed by atoms with Gasteiger partial charge in [0.1, 0.15) is 5.01 Å². The van der Waals surface area contributed by atoms with Crippen molar-refractivity contribution in [2.45, 2.75) is 39.3 Å². The van der Waals surface area contributed by atoms with Crippen molar-refractivity contribution in [2.24, 2.45) is 0 Å². The predicted molar refractivity (Wildman–Crippen MR) is 84.3 cm³/mol. The molecule has 1 N–H and O–H groups in total. The molecule has 0 bridgehead atoms. The van der Waals surface area contributed by atoms with Crippen molar-refractivity contribution < 1.29 is 0 Å². The second-order valence-electron chi connectivity index (χ2n) is 5.31. The molecule has 20 heavy (non-hydrogen) atoms. The highest BCUT2D eigenvalue weighted by Gasteiger charge is 2.15. The summed E-state index contributed by atoms with van der Waals surface area (Å²) >= 11 is 3.33. The molecule has 1 aliphatic heterocycles. The van der Waals surface area contributed by atoms with E-state index in [1.54, 1.807) is 22.7 Å². The van der Waals surface area contributed by atoms with E-state index in [1.165, 1.54) is 30.9 Å². The molecule has 0 aliphatic carbocycles. The lowest BCUT2D eigenvalue weighted by Crippen LogP contribution is -2.17. The molecule has 7 heteroatoms. The van der Waals surface area contributed by atoms with Gasteiger partial charge in [0.2, 0.25) is 5.13 Å². The molecule has 1 fully saturated rings. The number of anilines is 1. The fourth-order valence-corrected chi connectivity index (χ4v) is 4.13. The van der Waals surface area contributed by atoms with Crippen molar-refractivity contribution in [3.05, 3.63) is 11.2 Å². The third kappa shape index (κ3) is 3.34. The van der Waals surface area contributed by atoms with Crippen molar-refractivity contribution in [3.8, 4) is 9.88 Å². The average Bonchev–Trinajstić information content (AvgIpc) is 3.09. The van der Waals surface area contributed by atoms with Crippen LogP contribution in [-0.2, 0) is 6.54 Å². The molecule has 2 aromatic rings. The summed E-state index contributed by atoms with van der Waals surface area (Å²) in [6.07, 6.45) is 4.56. The van der Waals surface area contributed by atoms with Gasteiger partial charge in [-0.15, -0.1) is 21.5 Å². The molecule has 3 heterocycles. The highest BCUT2D eigenvalue weighted by molar-refractivity contribution is 7.23. The van der Waals surface area contributed by atoms with E-state index >= 15 is 0 Å². The topological polar surface area (TPSA) is 53.9 Å². The van der Waals surface area contributed by atoms with Crippen LogP contribution in [0.25, 0.3) is 9.88 Å². The molecule has 0 atom stereocenters. The summed E-state index contributed by atoms with van der Waals surface area (Å²) in [5, 5.41) is 14.7. The van der Waals surface area contributed by atoms with E-state index in [1.807, 2.05) is 6.20 Å². The van der Waals surface area contributed by atoms with Crippen molar-refractivity contribution >= 4 is 27.8 Å². The van der Waals surface area contributed by atoms with Gasteiger partial charge < -0.3 is 5.32 Å². The van der Waals surface area contributed by atoms with Gasteiger partial charge in [0.25, 0.3) is 0 Å². The lowest BCUT2D eigenvalue weighted by atomic mass is 10.4. The molecule has 0 amide bonds. The molecule has 0 aromatic carbocycles. The first-order valence-electron chi connectivity index (χ1n) is 6.98. The van der Waals surface area contributed by atoms with Crippen molar-refractivity contribution in [3.63, 3.8) is 0 Å². The zero-order chi connectivity index (χ0) is 13.9. The van der Waals surface area contributed by atoms with Crippen LogP contribution in [0.15, 0.2) is 6.20 Å². The molecule has 5 nitrogen and oxygen atoms in total. The summed E-state index contributed by atoms with van der Waals surface area (Å²) in [5.41, 5.74) is 0. The summed E-state index contributed by atoms with van der Waals surface area (Å²) in [4.78, 5) is 8.11. The zero-order valence-electron chi connectivity index (χ0n) is 11.8. The largest absolute Gasteiger partial charge is 0.358 e. The van der Waals surface area contributed by atoms with Gasteiger partial charge in [0, 0.05) is 12.2 Å². The van der Waals surface area contributed by atoms with E-state index in [-0.39, 0.29) is 0 Å². The first-order valence-corrected chi connectivity index (χ1v) is 8.61. The molecular weight excluding hydrogens is 290 g/mol. The maximum atomic E-state index is 4.52. The van der Waals surface area contributed by atoms with Gasteiger partial charge in [-0.25, -0.2) is 4.98 Å². The maximum absolute atomic E-state index is 4.52. The van der Waals surface area contributed by atoms with Crippen LogP contribution in [0, 0.1) is 0 Å². The van der Waals surface area contributed by atoms with Gasteiger partial charge in [-0.3, -0.25) is 4.90 Å². The van der Waals surface area contributed by atoms with E-state index in [0.717, 1.165) is 21.6 Å². The quantitative estimate of drug-likeness (QED) is 0.920. The standard InChI is InChI=1S/C13H19N5S2/c1-9(2)15-13-17-16-12(20-13)10-7-14-11(19-10)8-18-5-3-4-6-18/h7,9H,3-6,8H2,1-2H3,(H,15,17). The minimum absolute atomic E-state index is 0.378. The fraction of sp³-hybridized carbons (Fsp3) is 0.615. The van der Waals surface area contributed by atoms with Crippen molar-refractivity contribution in [1.82, 2.24) is 20.1 Å². The summed E-state index contributed by atoms with van der Waals surface area (Å²) in [5.74, 6) is 0. The van der Waals surface area contributed by atoms with Gasteiger partial charge >= 0.3 is 0 Å². The van der Waals surface area contributed by atoms with E-state index in [2.05, 4.69) is 39.2 Å². The summed E-state index contributed by atoms with van der Waals surface area (Å²) < 4.78 is 0. The third-order valence-electron chi connectivity index (χ3n) is 3.16. The molecule has 0 spiro atoms. The predicted octanol–water partition coefficient (Wildman–Crippen LogP) is 3.08. The van der Waals surface area contributed by atoms with Crippen LogP contribution in [0.2, 0.25) is 0 Å². The van der Waals surface area contributed by atoms with Crippen LogP contribution < -0.4 is 5.32 Å². The fourth-order valence-electron chi connectivity index (χ4n) is 2.24. The summed E-state index contributed by atoms with van der Waals surface area (Å²) in [6.45, 7) is 7.58. The van der Waals surface area contributed by atoms with E-state index in [0.29, 0.717) is 6.04 Å². The Labute approximate surface area is 127 Å². The van der Waals surface area contributed by atoms with Crippen LogP contribution in [0.3, 0.4) is 0 Å². The molecule has 0 radical (unpaired) electrons. The first kappa shape index (κ1) is 13.9. The number of aromatic nitrogens is 3. The molecule has 108 valence electrons. The number of hydrogen-bond acceptors (Lipinski definition) is 7. The maximum Gasteiger partial charge on any atom is 0.206 e. The highest BCUT2D eigenvalue weighted by Crippen LogP contribution is 2.31. The summed E-state index contributed by atoms with van der Waals surface area (Å²) in [7, 11) is 0. The molecular formula is C13H19N5S2. The lowest BCUT2D eigenvalue weighted by molar-refractivity contribution is 0.331.